The minimum Gasteiger partial charge on any atom is -0.480 e. The Bertz CT molecular complexity index is 1300. The van der Waals surface area contributed by atoms with Gasteiger partial charge in [-0.3, -0.25) is 0 Å². The van der Waals surface area contributed by atoms with Crippen LogP contribution in [-0.2, 0) is 0 Å². The van der Waals surface area contributed by atoms with Crippen LogP contribution in [-0.4, -0.2) is 14.8 Å². The molecule has 8 heteroatoms. The first-order chi connectivity index (χ1) is 14.7. The Morgan fingerprint density at radius 1 is 1.13 bits per heavy atom. The summed E-state index contributed by atoms with van der Waals surface area (Å²) in [4.78, 5) is 5.44. The van der Waals surface area contributed by atoms with Crippen LogP contribution in [0.5, 0.6) is 5.75 Å². The van der Waals surface area contributed by atoms with E-state index < -0.39 is 6.10 Å². The Balaban J connectivity index is 1.66. The highest BCUT2D eigenvalue weighted by atomic mass is 35.5. The van der Waals surface area contributed by atoms with Crippen molar-refractivity contribution in [3.63, 3.8) is 0 Å². The van der Waals surface area contributed by atoms with E-state index >= 15 is 0 Å². The molecule has 0 unspecified atom stereocenters. The van der Waals surface area contributed by atoms with Gasteiger partial charge >= 0.3 is 0 Å². The number of thiophene rings is 1. The maximum absolute atomic E-state index is 14.9. The van der Waals surface area contributed by atoms with Crippen molar-refractivity contribution >= 4 is 34.6 Å². The number of nitrogens with one attached hydrogen (secondary N) is 1. The van der Waals surface area contributed by atoms with Gasteiger partial charge in [0.15, 0.2) is 6.10 Å². The molecule has 2 atom stereocenters. The number of rotatable bonds is 2. The molecule has 0 bridgehead atoms. The van der Waals surface area contributed by atoms with E-state index in [1.54, 1.807) is 29.5 Å². The molecule has 4 heterocycles. The number of hydrogen-bond donors (Lipinski definition) is 1. The number of anilines is 1. The maximum atomic E-state index is 14.9. The Kier molecular flexibility index (Phi) is 3.94. The highest BCUT2D eigenvalue weighted by Gasteiger charge is 2.42. The summed E-state index contributed by atoms with van der Waals surface area (Å²) in [6.07, 6.45) is 0.881. The molecule has 4 aromatic rings. The van der Waals surface area contributed by atoms with Crippen molar-refractivity contribution in [2.45, 2.75) is 12.1 Å². The number of aromatic nitrogens is 3. The summed E-state index contributed by atoms with van der Waals surface area (Å²) in [6.45, 7) is 0. The van der Waals surface area contributed by atoms with E-state index in [1.807, 2.05) is 40.4 Å². The third kappa shape index (κ3) is 2.59. The van der Waals surface area contributed by atoms with Crippen molar-refractivity contribution < 1.29 is 9.13 Å². The molecule has 0 amide bonds. The second-order valence-corrected chi connectivity index (χ2v) is 8.48. The van der Waals surface area contributed by atoms with E-state index in [2.05, 4.69) is 15.4 Å². The van der Waals surface area contributed by atoms with Crippen LogP contribution in [0.3, 0.4) is 0 Å². The Morgan fingerprint density at radius 2 is 2.03 bits per heavy atom. The summed E-state index contributed by atoms with van der Waals surface area (Å²) in [7, 11) is 0. The normalized spacial score (nSPS) is 19.4. The minimum atomic E-state index is -0.633. The third-order valence-electron chi connectivity index (χ3n) is 5.38. The lowest BCUT2D eigenvalue weighted by Gasteiger charge is -2.38. The van der Waals surface area contributed by atoms with E-state index in [9.17, 15) is 4.39 Å². The van der Waals surface area contributed by atoms with Gasteiger partial charge in [0.25, 0.3) is 0 Å². The molecule has 0 aliphatic carbocycles. The molecule has 6 rings (SSSR count). The van der Waals surface area contributed by atoms with E-state index in [4.69, 9.17) is 16.3 Å². The molecule has 2 aromatic heterocycles. The van der Waals surface area contributed by atoms with Crippen LogP contribution in [0.1, 0.15) is 28.1 Å². The van der Waals surface area contributed by atoms with Crippen molar-refractivity contribution in [3.8, 4) is 5.75 Å². The van der Waals surface area contributed by atoms with Crippen LogP contribution >= 0.6 is 22.9 Å². The topological polar surface area (TPSA) is 52.0 Å². The van der Waals surface area contributed by atoms with Gasteiger partial charge in [0.1, 0.15) is 23.9 Å². The first-order valence-corrected chi connectivity index (χ1v) is 10.6. The summed E-state index contributed by atoms with van der Waals surface area (Å²) < 4.78 is 23.1. The van der Waals surface area contributed by atoms with Gasteiger partial charge in [0.05, 0.1) is 5.70 Å². The van der Waals surface area contributed by atoms with Gasteiger partial charge in [-0.1, -0.05) is 35.9 Å². The highest BCUT2D eigenvalue weighted by molar-refractivity contribution is 7.10. The monoisotopic (exact) mass is 436 g/mol. The number of halogens is 2. The summed E-state index contributed by atoms with van der Waals surface area (Å²) in [5.74, 6) is 0.935. The van der Waals surface area contributed by atoms with Crippen molar-refractivity contribution in [2.24, 2.45) is 0 Å². The molecule has 2 aromatic carbocycles. The average molecular weight is 437 g/mol. The lowest BCUT2D eigenvalue weighted by molar-refractivity contribution is 0.218. The van der Waals surface area contributed by atoms with Gasteiger partial charge in [-0.25, -0.2) is 9.07 Å². The van der Waals surface area contributed by atoms with Crippen molar-refractivity contribution in [3.05, 3.63) is 98.7 Å². The van der Waals surface area contributed by atoms with E-state index in [-0.39, 0.29) is 11.9 Å². The predicted octanol–water partition coefficient (Wildman–Crippen LogP) is 5.69. The Labute approximate surface area is 180 Å². The van der Waals surface area contributed by atoms with Crippen LogP contribution in [0, 0.1) is 5.82 Å². The fraction of sp³-hybridized carbons (Fsp3) is 0.0909. The molecule has 30 heavy (non-hydrogen) atoms. The minimum absolute atomic E-state index is 0.282. The first-order valence-electron chi connectivity index (χ1n) is 9.35. The van der Waals surface area contributed by atoms with Crippen LogP contribution in [0.15, 0.2) is 71.9 Å². The van der Waals surface area contributed by atoms with Gasteiger partial charge in [-0.2, -0.15) is 10.1 Å². The molecule has 0 saturated heterocycles. The third-order valence-corrected chi connectivity index (χ3v) is 6.54. The molecule has 0 saturated carbocycles. The molecule has 0 spiro atoms. The zero-order valence-electron chi connectivity index (χ0n) is 15.4. The van der Waals surface area contributed by atoms with Crippen molar-refractivity contribution in [2.75, 3.05) is 5.32 Å². The van der Waals surface area contributed by atoms with Gasteiger partial charge < -0.3 is 10.1 Å². The second-order valence-electron chi connectivity index (χ2n) is 7.06. The van der Waals surface area contributed by atoms with Crippen molar-refractivity contribution in [1.82, 2.24) is 14.8 Å². The molecule has 1 N–H and O–H groups in total. The number of fused-ring (bicyclic) bond motifs is 3. The molecular formula is C22H14ClFN4OS. The summed E-state index contributed by atoms with van der Waals surface area (Å²) >= 11 is 7.92. The smallest absolute Gasteiger partial charge is 0.226 e. The van der Waals surface area contributed by atoms with Crippen LogP contribution in [0.2, 0.25) is 5.02 Å². The Morgan fingerprint density at radius 3 is 2.87 bits per heavy atom. The summed E-state index contributed by atoms with van der Waals surface area (Å²) in [6, 6.07) is 15.9. The molecule has 2 aliphatic rings. The molecule has 0 fully saturated rings. The predicted molar refractivity (Wildman–Crippen MR) is 114 cm³/mol. The zero-order valence-corrected chi connectivity index (χ0v) is 17.0. The highest BCUT2D eigenvalue weighted by Crippen LogP contribution is 2.51. The quantitative estimate of drug-likeness (QED) is 0.438. The number of ether oxygens (including phenoxy) is 1. The maximum Gasteiger partial charge on any atom is 0.226 e. The summed E-state index contributed by atoms with van der Waals surface area (Å²) in [5, 5.41) is 10.4. The van der Waals surface area contributed by atoms with Crippen LogP contribution in [0.25, 0.3) is 5.70 Å². The van der Waals surface area contributed by atoms with Gasteiger partial charge in [0.2, 0.25) is 5.95 Å². The average Bonchev–Trinajstić information content (AvgIpc) is 3.44. The molecule has 148 valence electrons. The number of benzene rings is 2. The number of hydrogen-bond acceptors (Lipinski definition) is 5. The molecule has 2 aliphatic heterocycles. The Hall–Kier alpha value is -3.16. The molecule has 5 nitrogen and oxygen atoms in total. The largest absolute Gasteiger partial charge is 0.480 e. The summed E-state index contributed by atoms with van der Waals surface area (Å²) in [5.41, 5.74) is 2.99. The van der Waals surface area contributed by atoms with E-state index in [0.29, 0.717) is 22.3 Å². The second kappa shape index (κ2) is 6.68. The fourth-order valence-electron chi connectivity index (χ4n) is 4.11. The zero-order chi connectivity index (χ0) is 20.2. The van der Waals surface area contributed by atoms with E-state index in [1.165, 1.54) is 12.4 Å². The van der Waals surface area contributed by atoms with Gasteiger partial charge in [-0.05, 0) is 35.7 Å². The number of nitrogens with zero attached hydrogens (tertiary/aromatic N) is 3. The fourth-order valence-corrected chi connectivity index (χ4v) is 5.11. The van der Waals surface area contributed by atoms with Crippen LogP contribution in [0.4, 0.5) is 10.3 Å². The SMILES string of the molecule is Fc1ccccc1[C@H]1Oc2ccc(Cl)cc2C2=C1[C@H](c1cccs1)n1ncnc1N2. The van der Waals surface area contributed by atoms with Gasteiger partial charge in [0, 0.05) is 26.6 Å². The lowest BCUT2D eigenvalue weighted by Crippen LogP contribution is -2.32. The van der Waals surface area contributed by atoms with Crippen molar-refractivity contribution in [1.29, 1.82) is 0 Å². The van der Waals surface area contributed by atoms with E-state index in [0.717, 1.165) is 21.7 Å². The van der Waals surface area contributed by atoms with Gasteiger partial charge in [-0.15, -0.1) is 11.3 Å². The first kappa shape index (κ1) is 17.7. The van der Waals surface area contributed by atoms with Crippen LogP contribution < -0.4 is 10.1 Å². The molecular weight excluding hydrogens is 423 g/mol. The standard InChI is InChI=1S/C22H14ClFN4OS/c23-12-7-8-16-14(10-12)19-18(21(29-16)13-4-1-2-5-15(13)24)20(17-6-3-9-30-17)28-22(27-19)25-11-26-28/h1-11,20-21H,(H,25,26,27)/t20-,21+/m0/s1. The lowest BCUT2D eigenvalue weighted by atomic mass is 9.87. The molecule has 0 radical (unpaired) electrons.